The van der Waals surface area contributed by atoms with E-state index in [4.69, 9.17) is 23.2 Å². The molecule has 1 aromatic carbocycles. The van der Waals surface area contributed by atoms with E-state index < -0.39 is 0 Å². The van der Waals surface area contributed by atoms with Gasteiger partial charge in [-0.15, -0.1) is 11.8 Å². The highest BCUT2D eigenvalue weighted by Crippen LogP contribution is 2.38. The molecule has 2 rings (SSSR count). The Morgan fingerprint density at radius 2 is 1.94 bits per heavy atom. The first-order valence-corrected chi connectivity index (χ1v) is 7.10. The first-order chi connectivity index (χ1) is 7.66. The van der Waals surface area contributed by atoms with Crippen LogP contribution in [0.3, 0.4) is 0 Å². The molecule has 2 atom stereocenters. The minimum absolute atomic E-state index is 0.214. The summed E-state index contributed by atoms with van der Waals surface area (Å²) in [5.41, 5.74) is 0. The summed E-state index contributed by atoms with van der Waals surface area (Å²) in [7, 11) is 0. The number of benzene rings is 1. The molecule has 0 heterocycles. The van der Waals surface area contributed by atoms with Crippen LogP contribution in [0.4, 0.5) is 0 Å². The molecule has 1 aliphatic carbocycles. The van der Waals surface area contributed by atoms with E-state index in [1.807, 2.05) is 6.07 Å². The van der Waals surface area contributed by atoms with Gasteiger partial charge in [-0.3, -0.25) is 0 Å². The summed E-state index contributed by atoms with van der Waals surface area (Å²) < 4.78 is 0. The lowest BCUT2D eigenvalue weighted by atomic mass is 9.97. The zero-order valence-corrected chi connectivity index (χ0v) is 11.2. The Kier molecular flexibility index (Phi) is 4.42. The molecule has 0 aliphatic heterocycles. The van der Waals surface area contributed by atoms with Crippen molar-refractivity contribution in [2.75, 3.05) is 0 Å². The van der Waals surface area contributed by atoms with Gasteiger partial charge in [-0.25, -0.2) is 0 Å². The van der Waals surface area contributed by atoms with Crippen molar-refractivity contribution in [3.63, 3.8) is 0 Å². The van der Waals surface area contributed by atoms with E-state index >= 15 is 0 Å². The SMILES string of the molecule is OC1CCCCC1Sc1cc(Cl)ccc1Cl. The van der Waals surface area contributed by atoms with Crippen LogP contribution in [0.2, 0.25) is 10.0 Å². The molecule has 1 saturated carbocycles. The van der Waals surface area contributed by atoms with Crippen LogP contribution in [0, 0.1) is 0 Å². The highest BCUT2D eigenvalue weighted by Gasteiger charge is 2.24. The highest BCUT2D eigenvalue weighted by molar-refractivity contribution is 8.00. The molecular weight excluding hydrogens is 263 g/mol. The standard InChI is InChI=1S/C12H14Cl2OS/c13-8-5-6-9(14)12(7-8)16-11-4-2-1-3-10(11)15/h5-7,10-11,15H,1-4H2. The molecule has 0 aromatic heterocycles. The van der Waals surface area contributed by atoms with E-state index in [9.17, 15) is 5.11 Å². The van der Waals surface area contributed by atoms with Crippen molar-refractivity contribution in [3.05, 3.63) is 28.2 Å². The van der Waals surface area contributed by atoms with Crippen molar-refractivity contribution < 1.29 is 5.11 Å². The van der Waals surface area contributed by atoms with Crippen LogP contribution < -0.4 is 0 Å². The number of aliphatic hydroxyl groups is 1. The Labute approximate surface area is 110 Å². The first kappa shape index (κ1) is 12.6. The van der Waals surface area contributed by atoms with Crippen molar-refractivity contribution in [2.45, 2.75) is 41.9 Å². The monoisotopic (exact) mass is 276 g/mol. The average molecular weight is 277 g/mol. The van der Waals surface area contributed by atoms with E-state index in [0.717, 1.165) is 24.2 Å². The Bertz CT molecular complexity index is 370. The predicted molar refractivity (Wildman–Crippen MR) is 70.6 cm³/mol. The topological polar surface area (TPSA) is 20.2 Å². The lowest BCUT2D eigenvalue weighted by molar-refractivity contribution is 0.137. The van der Waals surface area contributed by atoms with Gasteiger partial charge in [0.25, 0.3) is 0 Å². The van der Waals surface area contributed by atoms with Crippen LogP contribution >= 0.6 is 35.0 Å². The van der Waals surface area contributed by atoms with Crippen LogP contribution in [0.1, 0.15) is 25.7 Å². The van der Waals surface area contributed by atoms with Gasteiger partial charge >= 0.3 is 0 Å². The fourth-order valence-electron chi connectivity index (χ4n) is 1.95. The smallest absolute Gasteiger partial charge is 0.0662 e. The molecule has 0 amide bonds. The molecule has 1 nitrogen and oxygen atoms in total. The summed E-state index contributed by atoms with van der Waals surface area (Å²) in [6, 6.07) is 5.46. The van der Waals surface area contributed by atoms with Gasteiger partial charge in [0.1, 0.15) is 0 Å². The van der Waals surface area contributed by atoms with Crippen molar-refractivity contribution in [1.82, 2.24) is 0 Å². The zero-order chi connectivity index (χ0) is 11.5. The second-order valence-electron chi connectivity index (χ2n) is 4.08. The number of aliphatic hydroxyl groups excluding tert-OH is 1. The number of hydrogen-bond acceptors (Lipinski definition) is 2. The molecule has 16 heavy (non-hydrogen) atoms. The molecule has 0 saturated heterocycles. The number of hydrogen-bond donors (Lipinski definition) is 1. The normalized spacial score (nSPS) is 25.7. The fourth-order valence-corrected chi connectivity index (χ4v) is 3.71. The Morgan fingerprint density at radius 1 is 1.19 bits per heavy atom. The van der Waals surface area contributed by atoms with E-state index in [2.05, 4.69) is 0 Å². The highest BCUT2D eigenvalue weighted by atomic mass is 35.5. The number of rotatable bonds is 2. The van der Waals surface area contributed by atoms with Gasteiger partial charge in [0.15, 0.2) is 0 Å². The van der Waals surface area contributed by atoms with Crippen molar-refractivity contribution in [1.29, 1.82) is 0 Å². The van der Waals surface area contributed by atoms with Crippen LogP contribution in [0.15, 0.2) is 23.1 Å². The molecular formula is C12H14Cl2OS. The van der Waals surface area contributed by atoms with Gasteiger partial charge in [-0.05, 0) is 31.0 Å². The fraction of sp³-hybridized carbons (Fsp3) is 0.500. The lowest BCUT2D eigenvalue weighted by Gasteiger charge is -2.27. The lowest BCUT2D eigenvalue weighted by Crippen LogP contribution is -2.26. The second kappa shape index (κ2) is 5.63. The second-order valence-corrected chi connectivity index (χ2v) is 6.21. The molecule has 1 aromatic rings. The van der Waals surface area contributed by atoms with Gasteiger partial charge in [0.05, 0.1) is 11.1 Å². The van der Waals surface area contributed by atoms with Crippen LogP contribution in [0.25, 0.3) is 0 Å². The first-order valence-electron chi connectivity index (χ1n) is 5.46. The Morgan fingerprint density at radius 3 is 2.69 bits per heavy atom. The maximum Gasteiger partial charge on any atom is 0.0662 e. The van der Waals surface area contributed by atoms with Crippen molar-refractivity contribution in [2.24, 2.45) is 0 Å². The van der Waals surface area contributed by atoms with Crippen LogP contribution in [-0.2, 0) is 0 Å². The molecule has 4 heteroatoms. The van der Waals surface area contributed by atoms with E-state index in [1.165, 1.54) is 6.42 Å². The third-order valence-corrected chi connectivity index (χ3v) is 4.96. The molecule has 2 unspecified atom stereocenters. The molecule has 0 bridgehead atoms. The van der Waals surface area contributed by atoms with Gasteiger partial charge in [-0.2, -0.15) is 0 Å². The summed E-state index contributed by atoms with van der Waals surface area (Å²) in [4.78, 5) is 0.972. The van der Waals surface area contributed by atoms with E-state index in [1.54, 1.807) is 23.9 Å². The molecule has 1 fully saturated rings. The van der Waals surface area contributed by atoms with Gasteiger partial charge in [0, 0.05) is 15.2 Å². The van der Waals surface area contributed by atoms with E-state index in [-0.39, 0.29) is 11.4 Å². The summed E-state index contributed by atoms with van der Waals surface area (Å²) in [5.74, 6) is 0. The maximum atomic E-state index is 9.89. The maximum absolute atomic E-state index is 9.89. The molecule has 0 radical (unpaired) electrons. The van der Waals surface area contributed by atoms with Gasteiger partial charge in [-0.1, -0.05) is 36.0 Å². The minimum Gasteiger partial charge on any atom is -0.392 e. The average Bonchev–Trinajstić information content (AvgIpc) is 2.27. The minimum atomic E-state index is -0.214. The van der Waals surface area contributed by atoms with Crippen LogP contribution in [0.5, 0.6) is 0 Å². The Hall–Kier alpha value is 0.110. The third-order valence-electron chi connectivity index (χ3n) is 2.84. The molecule has 1 N–H and O–H groups in total. The van der Waals surface area contributed by atoms with Gasteiger partial charge in [0.2, 0.25) is 0 Å². The predicted octanol–water partition coefficient (Wildman–Crippen LogP) is 4.39. The Balaban J connectivity index is 2.10. The molecule has 0 spiro atoms. The molecule has 88 valence electrons. The number of thioether (sulfide) groups is 1. The summed E-state index contributed by atoms with van der Waals surface area (Å²) in [6.07, 6.45) is 4.05. The van der Waals surface area contributed by atoms with Crippen molar-refractivity contribution >= 4 is 35.0 Å². The zero-order valence-electron chi connectivity index (χ0n) is 8.83. The van der Waals surface area contributed by atoms with Crippen LogP contribution in [-0.4, -0.2) is 16.5 Å². The summed E-state index contributed by atoms with van der Waals surface area (Å²) in [6.45, 7) is 0. The molecule has 1 aliphatic rings. The van der Waals surface area contributed by atoms with Crippen molar-refractivity contribution in [3.8, 4) is 0 Å². The van der Waals surface area contributed by atoms with E-state index in [0.29, 0.717) is 10.0 Å². The van der Waals surface area contributed by atoms with Gasteiger partial charge < -0.3 is 5.11 Å². The third kappa shape index (κ3) is 3.07. The quantitative estimate of drug-likeness (QED) is 0.865. The number of halogens is 2. The largest absolute Gasteiger partial charge is 0.392 e. The summed E-state index contributed by atoms with van der Waals surface area (Å²) >= 11 is 13.7. The summed E-state index contributed by atoms with van der Waals surface area (Å²) in [5, 5.41) is 11.6.